The molecule has 2 aliphatic heterocycles. The monoisotopic (exact) mass is 590 g/mol. The summed E-state index contributed by atoms with van der Waals surface area (Å²) in [5.74, 6) is 1.98. The molecule has 1 atom stereocenters. The normalized spacial score (nSPS) is 19.0. The number of carbonyl (C=O) groups excluding carboxylic acids is 1. The van der Waals surface area contributed by atoms with Gasteiger partial charge in [0.2, 0.25) is 0 Å². The summed E-state index contributed by atoms with van der Waals surface area (Å²) in [7, 11) is 2.98. The number of pyridine rings is 1. The van der Waals surface area contributed by atoms with Gasteiger partial charge >= 0.3 is 5.97 Å². The number of fused-ring (bicyclic) bond motifs is 2. The molecule has 10 heteroatoms. The number of aromatic nitrogens is 3. The first-order valence-corrected chi connectivity index (χ1v) is 14.6. The predicted molar refractivity (Wildman–Crippen MR) is 160 cm³/mol. The van der Waals surface area contributed by atoms with Crippen molar-refractivity contribution in [3.05, 3.63) is 76.3 Å². The molecule has 2 aliphatic rings. The lowest BCUT2D eigenvalue weighted by atomic mass is 9.88. The van der Waals surface area contributed by atoms with Crippen LogP contribution in [-0.2, 0) is 17.1 Å². The molecule has 1 saturated heterocycles. The van der Waals surface area contributed by atoms with Gasteiger partial charge in [-0.2, -0.15) is 0 Å². The van der Waals surface area contributed by atoms with Crippen LogP contribution in [0.25, 0.3) is 11.0 Å². The van der Waals surface area contributed by atoms with Crippen molar-refractivity contribution in [2.45, 2.75) is 57.9 Å². The Morgan fingerprint density at radius 1 is 1.14 bits per heavy atom. The van der Waals surface area contributed by atoms with Gasteiger partial charge in [-0.05, 0) is 76.0 Å². The van der Waals surface area contributed by atoms with Crippen molar-refractivity contribution in [3.63, 3.8) is 0 Å². The number of piperidine rings is 1. The number of halogens is 1. The number of ether oxygens (including phenoxy) is 4. The molecule has 1 fully saturated rings. The first-order valence-electron chi connectivity index (χ1n) is 14.2. The number of hydrogen-bond acceptors (Lipinski definition) is 8. The van der Waals surface area contributed by atoms with E-state index in [9.17, 15) is 4.79 Å². The number of benzene rings is 2. The van der Waals surface area contributed by atoms with Gasteiger partial charge in [-0.15, -0.1) is 0 Å². The lowest BCUT2D eigenvalue weighted by molar-refractivity contribution is -0.0722. The third-order valence-electron chi connectivity index (χ3n) is 8.19. The first-order chi connectivity index (χ1) is 20.2. The first kappa shape index (κ1) is 28.3. The van der Waals surface area contributed by atoms with Crippen LogP contribution in [0.1, 0.15) is 73.0 Å². The molecule has 2 aromatic heterocycles. The van der Waals surface area contributed by atoms with Crippen LogP contribution in [0.15, 0.2) is 48.7 Å². The van der Waals surface area contributed by atoms with Crippen molar-refractivity contribution >= 4 is 28.6 Å². The summed E-state index contributed by atoms with van der Waals surface area (Å²) in [5.41, 5.74) is 3.90. The van der Waals surface area contributed by atoms with E-state index < -0.39 is 11.8 Å². The molecule has 0 aliphatic carbocycles. The highest BCUT2D eigenvalue weighted by molar-refractivity contribution is 6.30. The number of imidazole rings is 1. The van der Waals surface area contributed by atoms with Gasteiger partial charge in [0, 0.05) is 24.7 Å². The van der Waals surface area contributed by atoms with Gasteiger partial charge < -0.3 is 23.5 Å². The Morgan fingerprint density at radius 2 is 1.93 bits per heavy atom. The third-order valence-corrected chi connectivity index (χ3v) is 8.41. The van der Waals surface area contributed by atoms with Gasteiger partial charge in [-0.1, -0.05) is 23.7 Å². The summed E-state index contributed by atoms with van der Waals surface area (Å²) in [6, 6.07) is 13.4. The van der Waals surface area contributed by atoms with E-state index in [1.165, 1.54) is 12.7 Å². The summed E-state index contributed by atoms with van der Waals surface area (Å²) in [6.07, 6.45) is 3.57. The molecular formula is C32H35ClN4O5. The highest BCUT2D eigenvalue weighted by Gasteiger charge is 2.42. The Kier molecular flexibility index (Phi) is 7.49. The molecule has 42 heavy (non-hydrogen) atoms. The van der Waals surface area contributed by atoms with E-state index in [4.69, 9.17) is 35.5 Å². The molecule has 6 rings (SSSR count). The minimum atomic E-state index is -1.01. The van der Waals surface area contributed by atoms with Crippen LogP contribution in [0.3, 0.4) is 0 Å². The molecule has 0 N–H and O–H groups in total. The average molecular weight is 591 g/mol. The number of nitrogens with zero attached hydrogens (tertiary/aromatic N) is 4. The Bertz CT molecular complexity index is 1630. The summed E-state index contributed by atoms with van der Waals surface area (Å²) in [5, 5.41) is 0.569. The fourth-order valence-corrected chi connectivity index (χ4v) is 6.22. The summed E-state index contributed by atoms with van der Waals surface area (Å²) in [4.78, 5) is 24.2. The summed E-state index contributed by atoms with van der Waals surface area (Å²) >= 11 is 6.05. The zero-order valence-corrected chi connectivity index (χ0v) is 25.3. The number of para-hydroxylation sites is 1. The Morgan fingerprint density at radius 3 is 2.60 bits per heavy atom. The zero-order chi connectivity index (χ0) is 29.6. The highest BCUT2D eigenvalue weighted by Crippen LogP contribution is 2.49. The molecule has 2 aromatic carbocycles. The van der Waals surface area contributed by atoms with Crippen LogP contribution in [0.4, 0.5) is 0 Å². The van der Waals surface area contributed by atoms with Crippen molar-refractivity contribution in [2.24, 2.45) is 0 Å². The van der Waals surface area contributed by atoms with Gasteiger partial charge in [-0.25, -0.2) is 9.78 Å². The second kappa shape index (κ2) is 11.1. The minimum absolute atomic E-state index is 0.147. The number of hydrogen-bond donors (Lipinski definition) is 0. The largest absolute Gasteiger partial charge is 0.494 e. The van der Waals surface area contributed by atoms with Gasteiger partial charge in [-0.3, -0.25) is 9.88 Å². The summed E-state index contributed by atoms with van der Waals surface area (Å²) in [6.45, 7) is 8.66. The predicted octanol–water partition coefficient (Wildman–Crippen LogP) is 6.48. The van der Waals surface area contributed by atoms with Gasteiger partial charge in [0.1, 0.15) is 22.8 Å². The average Bonchev–Trinajstić information content (AvgIpc) is 3.54. The fourth-order valence-electron chi connectivity index (χ4n) is 6.11. The SMILES string of the molecule is COC(=O)c1cc(OC)c2nc(CN3CCC(c4cccc5c4O[C@@](C)(c4ccc(Cl)cn4)O5)CC3)n(C(C)C)c2c1. The number of carbonyl (C=O) groups is 1. The van der Waals surface area contributed by atoms with Crippen LogP contribution in [-0.4, -0.2) is 52.7 Å². The van der Waals surface area contributed by atoms with E-state index in [0.29, 0.717) is 34.5 Å². The van der Waals surface area contributed by atoms with Gasteiger partial charge in [0.05, 0.1) is 36.9 Å². The van der Waals surface area contributed by atoms with E-state index in [2.05, 4.69) is 34.4 Å². The van der Waals surface area contributed by atoms with Crippen LogP contribution >= 0.6 is 11.6 Å². The van der Waals surface area contributed by atoms with Gasteiger partial charge in [0.15, 0.2) is 11.5 Å². The Labute approximate surface area is 250 Å². The topological polar surface area (TPSA) is 87.9 Å². The van der Waals surface area contributed by atoms with Crippen molar-refractivity contribution in [1.29, 1.82) is 0 Å². The van der Waals surface area contributed by atoms with Crippen LogP contribution in [0, 0.1) is 0 Å². The van der Waals surface area contributed by atoms with E-state index in [-0.39, 0.29) is 6.04 Å². The standard InChI is InChI=1S/C32H35ClN4O5/c1-19(2)37-24-15-21(31(38)40-5)16-26(39-4)29(24)35-28(37)18-36-13-11-20(12-14-36)23-7-6-8-25-30(23)42-32(3,41-25)27-10-9-22(33)17-34-27/h6-10,15-17,19-20H,11-14,18H2,1-5H3/t32-/m0/s1. The Balaban J connectivity index is 1.20. The molecule has 9 nitrogen and oxygen atoms in total. The molecule has 4 aromatic rings. The maximum Gasteiger partial charge on any atom is 0.338 e. The molecule has 0 amide bonds. The zero-order valence-electron chi connectivity index (χ0n) is 24.5. The maximum atomic E-state index is 12.3. The fraction of sp³-hybridized carbons (Fsp3) is 0.406. The highest BCUT2D eigenvalue weighted by atomic mass is 35.5. The second-order valence-corrected chi connectivity index (χ2v) is 11.7. The quantitative estimate of drug-likeness (QED) is 0.226. The van der Waals surface area contributed by atoms with Crippen molar-refractivity contribution < 1.29 is 23.7 Å². The smallest absolute Gasteiger partial charge is 0.338 e. The molecule has 0 radical (unpaired) electrons. The summed E-state index contributed by atoms with van der Waals surface area (Å²) < 4.78 is 25.5. The van der Waals surface area contributed by atoms with Crippen molar-refractivity contribution in [3.8, 4) is 17.2 Å². The van der Waals surface area contributed by atoms with Crippen LogP contribution in [0.2, 0.25) is 5.02 Å². The van der Waals surface area contributed by atoms with Crippen molar-refractivity contribution in [2.75, 3.05) is 27.3 Å². The molecule has 4 heterocycles. The number of methoxy groups -OCH3 is 2. The number of rotatable bonds is 7. The van der Waals surface area contributed by atoms with E-state index in [1.807, 2.05) is 31.2 Å². The van der Waals surface area contributed by atoms with E-state index >= 15 is 0 Å². The number of esters is 1. The van der Waals surface area contributed by atoms with Crippen LogP contribution < -0.4 is 14.2 Å². The molecule has 0 saturated carbocycles. The molecule has 0 bridgehead atoms. The molecule has 0 unspecified atom stereocenters. The lowest BCUT2D eigenvalue weighted by Gasteiger charge is -2.32. The van der Waals surface area contributed by atoms with Gasteiger partial charge in [0.25, 0.3) is 5.79 Å². The van der Waals surface area contributed by atoms with Crippen LogP contribution in [0.5, 0.6) is 17.2 Å². The maximum absolute atomic E-state index is 12.3. The van der Waals surface area contributed by atoms with E-state index in [0.717, 1.165) is 54.3 Å². The van der Waals surface area contributed by atoms with Crippen molar-refractivity contribution in [1.82, 2.24) is 19.4 Å². The molecule has 0 spiro atoms. The minimum Gasteiger partial charge on any atom is -0.494 e. The second-order valence-electron chi connectivity index (χ2n) is 11.3. The van der Waals surface area contributed by atoms with E-state index in [1.54, 1.807) is 25.4 Å². The third kappa shape index (κ3) is 5.05. The number of likely N-dealkylation sites (tertiary alicyclic amines) is 1. The molecular weight excluding hydrogens is 556 g/mol. The Hall–Kier alpha value is -3.82. The lowest BCUT2D eigenvalue weighted by Crippen LogP contribution is -2.34. The molecule has 220 valence electrons.